The average molecular weight is 484 g/mol. The zero-order chi connectivity index (χ0) is 24.7. The predicted molar refractivity (Wildman–Crippen MR) is 121 cm³/mol. The Hall–Kier alpha value is -4.35. The summed E-state index contributed by atoms with van der Waals surface area (Å²) >= 11 is 0. The number of carbonyl (C=O) groups excluding carboxylic acids is 1. The highest BCUT2D eigenvalue weighted by atomic mass is 19.4. The molecular formula is C23H19F3N6O3. The van der Waals surface area contributed by atoms with Crippen LogP contribution >= 0.6 is 0 Å². The van der Waals surface area contributed by atoms with E-state index in [9.17, 15) is 22.8 Å². The highest BCUT2D eigenvalue weighted by molar-refractivity contribution is 5.99. The number of likely N-dealkylation sites (N-methyl/N-ethyl adjacent to an activating group) is 1. The molecule has 0 spiro atoms. The number of nitrogens with one attached hydrogen (secondary N) is 1. The second-order valence-electron chi connectivity index (χ2n) is 8.02. The fourth-order valence-corrected chi connectivity index (χ4v) is 3.99. The van der Waals surface area contributed by atoms with Gasteiger partial charge in [-0.15, -0.1) is 13.2 Å². The lowest BCUT2D eigenvalue weighted by Gasteiger charge is -2.24. The highest BCUT2D eigenvalue weighted by Crippen LogP contribution is 2.28. The van der Waals surface area contributed by atoms with E-state index < -0.39 is 12.1 Å². The molecule has 4 heterocycles. The number of aromatic nitrogens is 4. The number of benzene rings is 1. The SMILES string of the molecule is CN1CCN(Cc2ccc(OC(F)(F)F)cc2)c2nc(-n3c(=O)[nH]c4ncccc43)ccc2C1=O. The maximum Gasteiger partial charge on any atom is 0.573 e. The second kappa shape index (κ2) is 8.46. The van der Waals surface area contributed by atoms with Crippen molar-refractivity contribution in [2.24, 2.45) is 0 Å². The molecular weight excluding hydrogens is 465 g/mol. The molecule has 0 fully saturated rings. The number of fused-ring (bicyclic) bond motifs is 2. The Morgan fingerprint density at radius 2 is 1.83 bits per heavy atom. The van der Waals surface area contributed by atoms with Crippen LogP contribution in [-0.4, -0.2) is 56.8 Å². The van der Waals surface area contributed by atoms with Gasteiger partial charge in [0, 0.05) is 32.9 Å². The zero-order valence-electron chi connectivity index (χ0n) is 18.4. The lowest BCUT2D eigenvalue weighted by molar-refractivity contribution is -0.274. The van der Waals surface area contributed by atoms with Gasteiger partial charge in [0.05, 0.1) is 11.1 Å². The van der Waals surface area contributed by atoms with Gasteiger partial charge in [-0.3, -0.25) is 9.78 Å². The molecule has 1 aliphatic heterocycles. The number of anilines is 1. The second-order valence-corrected chi connectivity index (χ2v) is 8.02. The predicted octanol–water partition coefficient (Wildman–Crippen LogP) is 3.10. The molecule has 0 saturated carbocycles. The van der Waals surface area contributed by atoms with Crippen molar-refractivity contribution >= 4 is 22.9 Å². The number of alkyl halides is 3. The van der Waals surface area contributed by atoms with Crippen LogP contribution in [0.15, 0.2) is 59.5 Å². The number of pyridine rings is 2. The number of ether oxygens (including phenoxy) is 1. The summed E-state index contributed by atoms with van der Waals surface area (Å²) in [4.78, 5) is 40.5. The molecule has 1 amide bonds. The molecule has 12 heteroatoms. The van der Waals surface area contributed by atoms with Gasteiger partial charge < -0.3 is 14.5 Å². The van der Waals surface area contributed by atoms with Crippen LogP contribution in [0.1, 0.15) is 15.9 Å². The van der Waals surface area contributed by atoms with E-state index in [4.69, 9.17) is 0 Å². The Kier molecular flexibility index (Phi) is 5.42. The van der Waals surface area contributed by atoms with E-state index in [1.165, 1.54) is 28.8 Å². The molecule has 5 rings (SSSR count). The molecule has 180 valence electrons. The first-order valence-corrected chi connectivity index (χ1v) is 10.6. The topological polar surface area (TPSA) is 96.3 Å². The molecule has 0 unspecified atom stereocenters. The maximum atomic E-state index is 12.9. The number of aromatic amines is 1. The average Bonchev–Trinajstić information content (AvgIpc) is 3.11. The van der Waals surface area contributed by atoms with Gasteiger partial charge in [-0.2, -0.15) is 0 Å². The quantitative estimate of drug-likeness (QED) is 0.478. The van der Waals surface area contributed by atoms with Crippen LogP contribution in [0, 0.1) is 0 Å². The van der Waals surface area contributed by atoms with E-state index in [0.717, 1.165) is 0 Å². The summed E-state index contributed by atoms with van der Waals surface area (Å²) in [7, 11) is 1.68. The van der Waals surface area contributed by atoms with Crippen LogP contribution in [0.2, 0.25) is 0 Å². The number of halogens is 3. The van der Waals surface area contributed by atoms with E-state index in [1.807, 2.05) is 4.90 Å². The van der Waals surface area contributed by atoms with E-state index in [0.29, 0.717) is 47.0 Å². The summed E-state index contributed by atoms with van der Waals surface area (Å²) in [5.41, 5.74) is 1.58. The minimum atomic E-state index is -4.77. The molecule has 0 bridgehead atoms. The minimum absolute atomic E-state index is 0.219. The van der Waals surface area contributed by atoms with Gasteiger partial charge in [-0.25, -0.2) is 19.3 Å². The molecule has 0 saturated heterocycles. The third-order valence-electron chi connectivity index (χ3n) is 5.66. The van der Waals surface area contributed by atoms with Gasteiger partial charge in [0.15, 0.2) is 5.65 Å². The smallest absolute Gasteiger partial charge is 0.406 e. The Morgan fingerprint density at radius 3 is 2.57 bits per heavy atom. The van der Waals surface area contributed by atoms with Gasteiger partial charge in [-0.05, 0) is 42.0 Å². The van der Waals surface area contributed by atoms with Gasteiger partial charge in [-0.1, -0.05) is 12.1 Å². The number of nitrogens with zero attached hydrogens (tertiary/aromatic N) is 5. The standard InChI is InChI=1S/C23H19F3N6O3/c1-30-11-12-31(13-14-4-6-15(7-5-14)35-23(24,25)26)20-16(21(30)33)8-9-18(28-20)32-17-3-2-10-27-19(17)29-22(32)34/h2-10H,11-13H2,1H3,(H,27,29,34). The van der Waals surface area contributed by atoms with Gasteiger partial charge >= 0.3 is 12.1 Å². The normalized spacial score (nSPS) is 14.2. The third kappa shape index (κ3) is 4.42. The van der Waals surface area contributed by atoms with Crippen molar-refractivity contribution in [3.63, 3.8) is 0 Å². The maximum absolute atomic E-state index is 12.9. The van der Waals surface area contributed by atoms with Crippen LogP contribution in [-0.2, 0) is 6.54 Å². The van der Waals surface area contributed by atoms with Crippen molar-refractivity contribution in [1.29, 1.82) is 0 Å². The van der Waals surface area contributed by atoms with Crippen LogP contribution in [0.25, 0.3) is 17.0 Å². The van der Waals surface area contributed by atoms with Crippen molar-refractivity contribution in [1.82, 2.24) is 24.4 Å². The van der Waals surface area contributed by atoms with Crippen molar-refractivity contribution in [2.75, 3.05) is 25.0 Å². The molecule has 3 aromatic heterocycles. The molecule has 9 nitrogen and oxygen atoms in total. The highest BCUT2D eigenvalue weighted by Gasteiger charge is 2.31. The number of imidazole rings is 1. The number of H-pyrrole nitrogens is 1. The molecule has 0 radical (unpaired) electrons. The van der Waals surface area contributed by atoms with Crippen LogP contribution in [0.5, 0.6) is 5.75 Å². The first-order chi connectivity index (χ1) is 16.7. The lowest BCUT2D eigenvalue weighted by Crippen LogP contribution is -2.31. The van der Waals surface area contributed by atoms with Crippen molar-refractivity contribution in [2.45, 2.75) is 12.9 Å². The monoisotopic (exact) mass is 484 g/mol. The number of hydrogen-bond donors (Lipinski definition) is 1. The van der Waals surface area contributed by atoms with Gasteiger partial charge in [0.2, 0.25) is 0 Å². The lowest BCUT2D eigenvalue weighted by atomic mass is 10.1. The number of carbonyl (C=O) groups is 1. The zero-order valence-corrected chi connectivity index (χ0v) is 18.4. The first kappa shape index (κ1) is 22.4. The Bertz CT molecular complexity index is 1460. The van der Waals surface area contributed by atoms with Crippen molar-refractivity contribution < 1.29 is 22.7 Å². The summed E-state index contributed by atoms with van der Waals surface area (Å²) in [5.74, 6) is 0.144. The molecule has 1 aromatic carbocycles. The summed E-state index contributed by atoms with van der Waals surface area (Å²) in [5, 5.41) is 0. The largest absolute Gasteiger partial charge is 0.573 e. The number of rotatable bonds is 4. The van der Waals surface area contributed by atoms with E-state index in [-0.39, 0.29) is 18.2 Å². The van der Waals surface area contributed by atoms with Crippen molar-refractivity contribution in [3.05, 3.63) is 76.3 Å². The molecule has 0 aliphatic carbocycles. The Morgan fingerprint density at radius 1 is 1.06 bits per heavy atom. The summed E-state index contributed by atoms with van der Waals surface area (Å²) in [6, 6.07) is 12.2. The van der Waals surface area contributed by atoms with Crippen LogP contribution < -0.4 is 15.3 Å². The first-order valence-electron chi connectivity index (χ1n) is 10.6. The van der Waals surface area contributed by atoms with Crippen LogP contribution in [0.4, 0.5) is 19.0 Å². The summed E-state index contributed by atoms with van der Waals surface area (Å²) in [6.45, 7) is 1.12. The fraction of sp³-hybridized carbons (Fsp3) is 0.217. The Balaban J connectivity index is 1.54. The molecule has 35 heavy (non-hydrogen) atoms. The molecule has 1 N–H and O–H groups in total. The van der Waals surface area contributed by atoms with E-state index >= 15 is 0 Å². The third-order valence-corrected chi connectivity index (χ3v) is 5.66. The molecule has 4 aromatic rings. The number of hydrogen-bond acceptors (Lipinski definition) is 6. The van der Waals surface area contributed by atoms with Crippen molar-refractivity contribution in [3.8, 4) is 11.6 Å². The van der Waals surface area contributed by atoms with E-state index in [2.05, 4.69) is 19.7 Å². The fourth-order valence-electron chi connectivity index (χ4n) is 3.99. The van der Waals surface area contributed by atoms with E-state index in [1.54, 1.807) is 42.4 Å². The molecule has 1 aliphatic rings. The molecule has 0 atom stereocenters. The van der Waals surface area contributed by atoms with Gasteiger partial charge in [0.25, 0.3) is 5.91 Å². The summed E-state index contributed by atoms with van der Waals surface area (Å²) < 4.78 is 42.7. The summed E-state index contributed by atoms with van der Waals surface area (Å²) in [6.07, 6.45) is -3.21. The Labute approximate surface area is 196 Å². The minimum Gasteiger partial charge on any atom is -0.406 e. The van der Waals surface area contributed by atoms with Gasteiger partial charge in [0.1, 0.15) is 17.4 Å². The number of amides is 1. The van der Waals surface area contributed by atoms with Crippen LogP contribution in [0.3, 0.4) is 0 Å².